The smallest absolute Gasteiger partial charge is 0.137 e. The van der Waals surface area contributed by atoms with Crippen LogP contribution in [0.4, 0.5) is 5.82 Å². The summed E-state index contributed by atoms with van der Waals surface area (Å²) in [6.45, 7) is 8.47. The molecule has 0 radical (unpaired) electrons. The molecular formula is C14H19IN4. The fourth-order valence-corrected chi connectivity index (χ4v) is 2.53. The van der Waals surface area contributed by atoms with Gasteiger partial charge in [-0.1, -0.05) is 13.8 Å². The monoisotopic (exact) mass is 370 g/mol. The van der Waals surface area contributed by atoms with Crippen LogP contribution in [0.15, 0.2) is 24.5 Å². The lowest BCUT2D eigenvalue weighted by Crippen LogP contribution is -2.28. The second kappa shape index (κ2) is 7.00. The fraction of sp³-hybridized carbons (Fsp3) is 0.429. The highest BCUT2D eigenvalue weighted by molar-refractivity contribution is 14.1. The van der Waals surface area contributed by atoms with Gasteiger partial charge in [0.15, 0.2) is 0 Å². The molecule has 1 N–H and O–H groups in total. The van der Waals surface area contributed by atoms with Crippen molar-refractivity contribution in [2.75, 3.05) is 31.5 Å². The van der Waals surface area contributed by atoms with E-state index < -0.39 is 0 Å². The Morgan fingerprint density at radius 1 is 1.21 bits per heavy atom. The van der Waals surface area contributed by atoms with Gasteiger partial charge >= 0.3 is 0 Å². The van der Waals surface area contributed by atoms with Gasteiger partial charge in [0.1, 0.15) is 12.1 Å². The standard InChI is InChI=1S/C14H19IN4/c1-3-19(4-2)8-7-16-14-12-9-11(15)5-6-13(12)17-10-18-14/h5-6,9-10H,3-4,7-8H2,1-2H3,(H,16,17,18). The number of aromatic nitrogens is 2. The number of likely N-dealkylation sites (N-methyl/N-ethyl adjacent to an activating group) is 1. The van der Waals surface area contributed by atoms with Crippen molar-refractivity contribution in [1.29, 1.82) is 0 Å². The Balaban J connectivity index is 2.10. The van der Waals surface area contributed by atoms with E-state index in [1.807, 2.05) is 6.07 Å². The van der Waals surface area contributed by atoms with Crippen molar-refractivity contribution in [2.45, 2.75) is 13.8 Å². The van der Waals surface area contributed by atoms with Crippen molar-refractivity contribution >= 4 is 39.3 Å². The van der Waals surface area contributed by atoms with Gasteiger partial charge in [0, 0.05) is 22.0 Å². The van der Waals surface area contributed by atoms with Gasteiger partial charge in [-0.25, -0.2) is 9.97 Å². The van der Waals surface area contributed by atoms with Crippen molar-refractivity contribution in [3.63, 3.8) is 0 Å². The molecule has 0 fully saturated rings. The molecule has 2 rings (SSSR count). The molecule has 0 aliphatic carbocycles. The van der Waals surface area contributed by atoms with Gasteiger partial charge in [0.05, 0.1) is 5.52 Å². The van der Waals surface area contributed by atoms with Crippen molar-refractivity contribution in [2.24, 2.45) is 0 Å². The van der Waals surface area contributed by atoms with Crippen molar-refractivity contribution in [1.82, 2.24) is 14.9 Å². The van der Waals surface area contributed by atoms with Gasteiger partial charge in [0.25, 0.3) is 0 Å². The summed E-state index contributed by atoms with van der Waals surface area (Å²) >= 11 is 2.31. The molecule has 0 aliphatic rings. The third kappa shape index (κ3) is 3.76. The van der Waals surface area contributed by atoms with E-state index in [-0.39, 0.29) is 0 Å². The van der Waals surface area contributed by atoms with Gasteiger partial charge in [-0.05, 0) is 53.9 Å². The van der Waals surface area contributed by atoms with Crippen LogP contribution >= 0.6 is 22.6 Å². The topological polar surface area (TPSA) is 41.0 Å². The first-order valence-electron chi connectivity index (χ1n) is 6.61. The first-order valence-corrected chi connectivity index (χ1v) is 7.69. The molecule has 0 atom stereocenters. The minimum absolute atomic E-state index is 0.902. The van der Waals surface area contributed by atoms with Crippen LogP contribution in [0.1, 0.15) is 13.8 Å². The normalized spacial score (nSPS) is 11.2. The van der Waals surface area contributed by atoms with E-state index in [0.717, 1.165) is 42.9 Å². The summed E-state index contributed by atoms with van der Waals surface area (Å²) < 4.78 is 1.20. The third-order valence-corrected chi connectivity index (χ3v) is 3.88. The van der Waals surface area contributed by atoms with Crippen molar-refractivity contribution in [3.05, 3.63) is 28.1 Å². The van der Waals surface area contributed by atoms with Crippen LogP contribution in [0.25, 0.3) is 10.9 Å². The zero-order valence-corrected chi connectivity index (χ0v) is 13.5. The average Bonchev–Trinajstić information content (AvgIpc) is 2.44. The predicted molar refractivity (Wildman–Crippen MR) is 88.5 cm³/mol. The first kappa shape index (κ1) is 14.5. The summed E-state index contributed by atoms with van der Waals surface area (Å²) in [4.78, 5) is 11.0. The summed E-state index contributed by atoms with van der Waals surface area (Å²) in [5, 5.41) is 4.51. The van der Waals surface area contributed by atoms with E-state index in [9.17, 15) is 0 Å². The molecule has 1 aromatic heterocycles. The quantitative estimate of drug-likeness (QED) is 0.794. The van der Waals surface area contributed by atoms with E-state index >= 15 is 0 Å². The highest BCUT2D eigenvalue weighted by atomic mass is 127. The zero-order chi connectivity index (χ0) is 13.7. The van der Waals surface area contributed by atoms with Crippen LogP contribution in [0, 0.1) is 3.57 Å². The van der Waals surface area contributed by atoms with E-state index in [4.69, 9.17) is 0 Å². The summed E-state index contributed by atoms with van der Waals surface area (Å²) in [6, 6.07) is 6.22. The van der Waals surface area contributed by atoms with Crippen LogP contribution in [-0.4, -0.2) is 41.0 Å². The average molecular weight is 370 g/mol. The van der Waals surface area contributed by atoms with Crippen molar-refractivity contribution in [3.8, 4) is 0 Å². The Labute approximate surface area is 127 Å². The van der Waals surface area contributed by atoms with Gasteiger partial charge < -0.3 is 10.2 Å². The second-order valence-electron chi connectivity index (χ2n) is 4.34. The molecule has 0 saturated heterocycles. The molecule has 1 heterocycles. The van der Waals surface area contributed by atoms with Gasteiger partial charge in [0.2, 0.25) is 0 Å². The van der Waals surface area contributed by atoms with Crippen LogP contribution in [-0.2, 0) is 0 Å². The molecule has 0 aliphatic heterocycles. The minimum Gasteiger partial charge on any atom is -0.368 e. The number of rotatable bonds is 6. The molecule has 0 unspecified atom stereocenters. The van der Waals surface area contributed by atoms with E-state index in [0.29, 0.717) is 0 Å². The Bertz CT molecular complexity index is 540. The summed E-state index contributed by atoms with van der Waals surface area (Å²) in [5.41, 5.74) is 0.987. The van der Waals surface area contributed by atoms with E-state index in [2.05, 4.69) is 68.8 Å². The van der Waals surface area contributed by atoms with Crippen LogP contribution in [0.3, 0.4) is 0 Å². The van der Waals surface area contributed by atoms with Gasteiger partial charge in [-0.3, -0.25) is 0 Å². The summed E-state index contributed by atoms with van der Waals surface area (Å²) in [7, 11) is 0. The maximum absolute atomic E-state index is 4.35. The largest absolute Gasteiger partial charge is 0.368 e. The lowest BCUT2D eigenvalue weighted by atomic mass is 10.2. The molecule has 0 amide bonds. The van der Waals surface area contributed by atoms with Crippen LogP contribution in [0.5, 0.6) is 0 Å². The predicted octanol–water partition coefficient (Wildman–Crippen LogP) is 2.99. The number of hydrogen-bond acceptors (Lipinski definition) is 4. The maximum atomic E-state index is 4.35. The molecule has 102 valence electrons. The Kier molecular flexibility index (Phi) is 5.33. The van der Waals surface area contributed by atoms with Gasteiger partial charge in [-0.15, -0.1) is 0 Å². The number of anilines is 1. The Morgan fingerprint density at radius 2 is 2.00 bits per heavy atom. The number of halogens is 1. The molecule has 0 saturated carbocycles. The number of fused-ring (bicyclic) bond motifs is 1. The Morgan fingerprint density at radius 3 is 2.74 bits per heavy atom. The lowest BCUT2D eigenvalue weighted by Gasteiger charge is -2.18. The zero-order valence-electron chi connectivity index (χ0n) is 11.4. The number of nitrogens with zero attached hydrogens (tertiary/aromatic N) is 3. The highest BCUT2D eigenvalue weighted by Gasteiger charge is 2.04. The molecule has 5 heteroatoms. The maximum Gasteiger partial charge on any atom is 0.137 e. The number of nitrogens with one attached hydrogen (secondary N) is 1. The third-order valence-electron chi connectivity index (χ3n) is 3.21. The van der Waals surface area contributed by atoms with E-state index in [1.54, 1.807) is 6.33 Å². The Hall–Kier alpha value is -0.950. The number of benzene rings is 1. The van der Waals surface area contributed by atoms with Crippen molar-refractivity contribution < 1.29 is 0 Å². The van der Waals surface area contributed by atoms with Crippen LogP contribution < -0.4 is 5.32 Å². The molecule has 1 aromatic carbocycles. The molecule has 4 nitrogen and oxygen atoms in total. The van der Waals surface area contributed by atoms with E-state index in [1.165, 1.54) is 3.57 Å². The fourth-order valence-electron chi connectivity index (χ4n) is 2.04. The molecular weight excluding hydrogens is 351 g/mol. The first-order chi connectivity index (χ1) is 9.24. The van der Waals surface area contributed by atoms with Crippen LogP contribution in [0.2, 0.25) is 0 Å². The molecule has 19 heavy (non-hydrogen) atoms. The lowest BCUT2D eigenvalue weighted by molar-refractivity contribution is 0.316. The SMILES string of the molecule is CCN(CC)CCNc1ncnc2ccc(I)cc12. The summed E-state index contributed by atoms with van der Waals surface area (Å²) in [6.07, 6.45) is 1.62. The highest BCUT2D eigenvalue weighted by Crippen LogP contribution is 2.21. The molecule has 2 aromatic rings. The second-order valence-corrected chi connectivity index (χ2v) is 5.58. The molecule has 0 bridgehead atoms. The number of hydrogen-bond donors (Lipinski definition) is 1. The summed E-state index contributed by atoms with van der Waals surface area (Å²) in [5.74, 6) is 0.927. The molecule has 0 spiro atoms. The minimum atomic E-state index is 0.902. The van der Waals surface area contributed by atoms with Gasteiger partial charge in [-0.2, -0.15) is 0 Å².